The van der Waals surface area contributed by atoms with E-state index < -0.39 is 0 Å². The highest BCUT2D eigenvalue weighted by molar-refractivity contribution is 9.10. The van der Waals surface area contributed by atoms with Gasteiger partial charge in [-0.1, -0.05) is 6.92 Å². The summed E-state index contributed by atoms with van der Waals surface area (Å²) in [5.41, 5.74) is 0.625. The van der Waals surface area contributed by atoms with E-state index in [-0.39, 0.29) is 11.9 Å². The van der Waals surface area contributed by atoms with Gasteiger partial charge in [-0.3, -0.25) is 0 Å². The molecule has 0 spiro atoms. The van der Waals surface area contributed by atoms with Gasteiger partial charge in [0.05, 0.1) is 10.5 Å². The van der Waals surface area contributed by atoms with Gasteiger partial charge in [0.15, 0.2) is 0 Å². The predicted octanol–water partition coefficient (Wildman–Crippen LogP) is 4.79. The van der Waals surface area contributed by atoms with Gasteiger partial charge in [0.2, 0.25) is 0 Å². The highest BCUT2D eigenvalue weighted by Gasteiger charge is 2.34. The van der Waals surface area contributed by atoms with Crippen molar-refractivity contribution in [2.24, 2.45) is 5.92 Å². The second-order valence-electron chi connectivity index (χ2n) is 5.22. The maximum atomic E-state index is 13.5. The van der Waals surface area contributed by atoms with Crippen molar-refractivity contribution in [1.29, 1.82) is 0 Å². The number of hydrogen-bond acceptors (Lipinski definition) is 2. The maximum absolute atomic E-state index is 13.5. The Hall–Kier alpha value is -0.870. The number of fused-ring (bicyclic) bond motifs is 1. The number of hydrogen-bond donors (Lipinski definition) is 1. The first-order chi connectivity index (χ1) is 9.19. The molecular formula is C15H17BrFNO. The molecule has 0 saturated heterocycles. The van der Waals surface area contributed by atoms with Crippen molar-refractivity contribution in [3.8, 4) is 0 Å². The first-order valence-electron chi connectivity index (χ1n) is 6.81. The summed E-state index contributed by atoms with van der Waals surface area (Å²) in [5, 5.41) is 4.49. The summed E-state index contributed by atoms with van der Waals surface area (Å²) in [6.45, 7) is 3.14. The molecule has 1 fully saturated rings. The van der Waals surface area contributed by atoms with Crippen LogP contribution in [0, 0.1) is 11.7 Å². The standard InChI is InChI=1S/C15H17BrFNO/c1-2-5-18-15(9-3-4-9)14-7-10-6-11(16)12(17)8-13(10)19-14/h6-9,15,18H,2-5H2,1H3. The van der Waals surface area contributed by atoms with Gasteiger partial charge in [-0.25, -0.2) is 4.39 Å². The number of rotatable bonds is 5. The van der Waals surface area contributed by atoms with Crippen molar-refractivity contribution in [3.05, 3.63) is 34.2 Å². The molecule has 0 amide bonds. The minimum Gasteiger partial charge on any atom is -0.459 e. The minimum atomic E-state index is -0.280. The maximum Gasteiger partial charge on any atom is 0.141 e. The van der Waals surface area contributed by atoms with Crippen molar-refractivity contribution in [1.82, 2.24) is 5.32 Å². The smallest absolute Gasteiger partial charge is 0.141 e. The van der Waals surface area contributed by atoms with Gasteiger partial charge in [0, 0.05) is 11.5 Å². The molecule has 1 aliphatic rings. The van der Waals surface area contributed by atoms with E-state index in [0.29, 0.717) is 16.0 Å². The molecule has 0 bridgehead atoms. The Morgan fingerprint density at radius 3 is 2.89 bits per heavy atom. The van der Waals surface area contributed by atoms with Crippen LogP contribution in [0.4, 0.5) is 4.39 Å². The largest absolute Gasteiger partial charge is 0.459 e. The van der Waals surface area contributed by atoms with Crippen LogP contribution in [0.2, 0.25) is 0 Å². The lowest BCUT2D eigenvalue weighted by atomic mass is 10.1. The highest BCUT2D eigenvalue weighted by Crippen LogP contribution is 2.42. The zero-order chi connectivity index (χ0) is 13.4. The summed E-state index contributed by atoms with van der Waals surface area (Å²) in [6.07, 6.45) is 3.59. The Balaban J connectivity index is 1.94. The molecular weight excluding hydrogens is 309 g/mol. The van der Waals surface area contributed by atoms with Crippen LogP contribution in [0.25, 0.3) is 11.0 Å². The summed E-state index contributed by atoms with van der Waals surface area (Å²) >= 11 is 3.21. The van der Waals surface area contributed by atoms with E-state index in [1.54, 1.807) is 6.07 Å². The van der Waals surface area contributed by atoms with Crippen LogP contribution < -0.4 is 5.32 Å². The van der Waals surface area contributed by atoms with Gasteiger partial charge < -0.3 is 9.73 Å². The molecule has 1 atom stereocenters. The first-order valence-corrected chi connectivity index (χ1v) is 7.60. The molecule has 1 saturated carbocycles. The second-order valence-corrected chi connectivity index (χ2v) is 6.08. The molecule has 1 unspecified atom stereocenters. The average molecular weight is 326 g/mol. The zero-order valence-corrected chi connectivity index (χ0v) is 12.5. The van der Waals surface area contributed by atoms with Gasteiger partial charge in [0.25, 0.3) is 0 Å². The molecule has 1 aromatic carbocycles. The van der Waals surface area contributed by atoms with E-state index in [0.717, 1.165) is 24.1 Å². The molecule has 0 radical (unpaired) electrons. The number of furan rings is 1. The van der Waals surface area contributed by atoms with Gasteiger partial charge >= 0.3 is 0 Å². The van der Waals surface area contributed by atoms with Crippen LogP contribution in [0.15, 0.2) is 27.1 Å². The third-order valence-electron chi connectivity index (χ3n) is 3.59. The normalized spacial score (nSPS) is 17.0. The van der Waals surface area contributed by atoms with Crippen LogP contribution in [0.5, 0.6) is 0 Å². The molecule has 2 aromatic rings. The van der Waals surface area contributed by atoms with Crippen LogP contribution in [0.3, 0.4) is 0 Å². The average Bonchev–Trinajstić information content (AvgIpc) is 3.13. The molecule has 3 rings (SSSR count). The van der Waals surface area contributed by atoms with Crippen molar-refractivity contribution in [3.63, 3.8) is 0 Å². The van der Waals surface area contributed by atoms with Gasteiger partial charge in [0.1, 0.15) is 17.2 Å². The van der Waals surface area contributed by atoms with Crippen LogP contribution in [0.1, 0.15) is 38.0 Å². The van der Waals surface area contributed by atoms with Gasteiger partial charge in [-0.05, 0) is 59.8 Å². The SMILES string of the molecule is CCCNC(c1cc2cc(Br)c(F)cc2o1)C1CC1. The summed E-state index contributed by atoms with van der Waals surface area (Å²) in [7, 11) is 0. The zero-order valence-electron chi connectivity index (χ0n) is 10.9. The Bertz CT molecular complexity index is 552. The summed E-state index contributed by atoms with van der Waals surface area (Å²) < 4.78 is 19.8. The third-order valence-corrected chi connectivity index (χ3v) is 4.20. The van der Waals surface area contributed by atoms with E-state index in [4.69, 9.17) is 4.42 Å². The summed E-state index contributed by atoms with van der Waals surface area (Å²) in [5.74, 6) is 1.32. The molecule has 4 heteroatoms. The van der Waals surface area contributed by atoms with Crippen LogP contribution in [-0.2, 0) is 0 Å². The highest BCUT2D eigenvalue weighted by atomic mass is 79.9. The molecule has 1 aliphatic carbocycles. The molecule has 0 aliphatic heterocycles. The minimum absolute atomic E-state index is 0.272. The molecule has 19 heavy (non-hydrogen) atoms. The molecule has 1 aromatic heterocycles. The topological polar surface area (TPSA) is 25.2 Å². The van der Waals surface area contributed by atoms with Crippen LogP contribution >= 0.6 is 15.9 Å². The Morgan fingerprint density at radius 1 is 1.42 bits per heavy atom. The van der Waals surface area contributed by atoms with Gasteiger partial charge in [-0.2, -0.15) is 0 Å². The molecule has 102 valence electrons. The van der Waals surface area contributed by atoms with Crippen LogP contribution in [-0.4, -0.2) is 6.54 Å². The predicted molar refractivity (Wildman–Crippen MR) is 77.6 cm³/mol. The fourth-order valence-electron chi connectivity index (χ4n) is 2.44. The Kier molecular flexibility index (Phi) is 3.63. The third kappa shape index (κ3) is 2.70. The first kappa shape index (κ1) is 13.1. The van der Waals surface area contributed by atoms with Crippen molar-refractivity contribution < 1.29 is 8.81 Å². The van der Waals surface area contributed by atoms with Crippen molar-refractivity contribution in [2.75, 3.05) is 6.54 Å². The monoisotopic (exact) mass is 325 g/mol. The fourth-order valence-corrected chi connectivity index (χ4v) is 2.80. The van der Waals surface area contributed by atoms with Gasteiger partial charge in [-0.15, -0.1) is 0 Å². The van der Waals surface area contributed by atoms with E-state index >= 15 is 0 Å². The van der Waals surface area contributed by atoms with Crippen molar-refractivity contribution in [2.45, 2.75) is 32.2 Å². The lowest BCUT2D eigenvalue weighted by Gasteiger charge is -2.14. The lowest BCUT2D eigenvalue weighted by molar-refractivity contribution is 0.396. The Morgan fingerprint density at radius 2 is 2.21 bits per heavy atom. The molecule has 1 N–H and O–H groups in total. The number of halogens is 2. The van der Waals surface area contributed by atoms with E-state index in [9.17, 15) is 4.39 Å². The number of nitrogens with one attached hydrogen (secondary N) is 1. The Labute approximate surface area is 120 Å². The van der Waals surface area contributed by atoms with E-state index in [1.165, 1.54) is 18.9 Å². The van der Waals surface area contributed by atoms with E-state index in [2.05, 4.69) is 28.2 Å². The van der Waals surface area contributed by atoms with E-state index in [1.807, 2.05) is 6.07 Å². The fraction of sp³-hybridized carbons (Fsp3) is 0.467. The second kappa shape index (κ2) is 5.25. The quantitative estimate of drug-likeness (QED) is 0.855. The number of benzene rings is 1. The summed E-state index contributed by atoms with van der Waals surface area (Å²) in [6, 6.07) is 5.54. The lowest BCUT2D eigenvalue weighted by Crippen LogP contribution is -2.23. The summed E-state index contributed by atoms with van der Waals surface area (Å²) in [4.78, 5) is 0. The molecule has 1 heterocycles. The van der Waals surface area contributed by atoms with Crippen molar-refractivity contribution >= 4 is 26.9 Å². The molecule has 2 nitrogen and oxygen atoms in total.